The van der Waals surface area contributed by atoms with Gasteiger partial charge in [0.05, 0.1) is 12.8 Å². The molecule has 0 aliphatic carbocycles. The van der Waals surface area contributed by atoms with Crippen molar-refractivity contribution in [3.63, 3.8) is 0 Å². The van der Waals surface area contributed by atoms with Crippen LogP contribution in [0.2, 0.25) is 0 Å². The maximum absolute atomic E-state index is 5.50. The van der Waals surface area contributed by atoms with Crippen molar-refractivity contribution >= 4 is 11.9 Å². The SMILES string of the molecule is C=Cn1cc(CNc2ccc(OCCOC)cc2)cn1. The number of anilines is 1. The van der Waals surface area contributed by atoms with E-state index in [1.54, 1.807) is 18.0 Å². The van der Waals surface area contributed by atoms with Gasteiger partial charge in [-0.25, -0.2) is 4.68 Å². The van der Waals surface area contributed by atoms with Gasteiger partial charge in [0.1, 0.15) is 12.4 Å². The summed E-state index contributed by atoms with van der Waals surface area (Å²) < 4.78 is 12.1. The molecule has 0 saturated carbocycles. The van der Waals surface area contributed by atoms with Crippen LogP contribution < -0.4 is 10.1 Å². The Hall–Kier alpha value is -2.27. The Morgan fingerprint density at radius 1 is 1.30 bits per heavy atom. The minimum absolute atomic E-state index is 0.560. The van der Waals surface area contributed by atoms with Gasteiger partial charge in [0, 0.05) is 37.3 Å². The van der Waals surface area contributed by atoms with E-state index >= 15 is 0 Å². The van der Waals surface area contributed by atoms with Gasteiger partial charge in [-0.3, -0.25) is 0 Å². The summed E-state index contributed by atoms with van der Waals surface area (Å²) in [6, 6.07) is 7.84. The van der Waals surface area contributed by atoms with Gasteiger partial charge in [0.25, 0.3) is 0 Å². The fourth-order valence-electron chi connectivity index (χ4n) is 1.68. The lowest BCUT2D eigenvalue weighted by Gasteiger charge is -2.08. The second kappa shape index (κ2) is 7.35. The number of aromatic nitrogens is 2. The molecule has 106 valence electrons. The molecule has 0 radical (unpaired) electrons. The molecule has 1 heterocycles. The number of methoxy groups -OCH3 is 1. The Labute approximate surface area is 118 Å². The lowest BCUT2D eigenvalue weighted by molar-refractivity contribution is 0.146. The molecule has 5 nitrogen and oxygen atoms in total. The van der Waals surface area contributed by atoms with Crippen molar-refractivity contribution in [2.45, 2.75) is 6.54 Å². The van der Waals surface area contributed by atoms with Gasteiger partial charge in [0.2, 0.25) is 0 Å². The van der Waals surface area contributed by atoms with Gasteiger partial charge >= 0.3 is 0 Å². The Kier molecular flexibility index (Phi) is 5.20. The van der Waals surface area contributed by atoms with Crippen molar-refractivity contribution in [1.29, 1.82) is 0 Å². The van der Waals surface area contributed by atoms with Crippen LogP contribution in [0.1, 0.15) is 5.56 Å². The molecule has 0 bridgehead atoms. The molecule has 0 saturated heterocycles. The molecule has 0 atom stereocenters. The van der Waals surface area contributed by atoms with E-state index in [1.165, 1.54) is 0 Å². The van der Waals surface area contributed by atoms with Crippen molar-refractivity contribution in [3.05, 3.63) is 48.8 Å². The Morgan fingerprint density at radius 2 is 2.10 bits per heavy atom. The summed E-state index contributed by atoms with van der Waals surface area (Å²) in [5.74, 6) is 0.840. The summed E-state index contributed by atoms with van der Waals surface area (Å²) in [4.78, 5) is 0. The summed E-state index contributed by atoms with van der Waals surface area (Å²) in [5.41, 5.74) is 2.14. The number of hydrogen-bond donors (Lipinski definition) is 1. The van der Waals surface area contributed by atoms with Crippen LogP contribution in [0, 0.1) is 0 Å². The minimum Gasteiger partial charge on any atom is -0.491 e. The molecule has 1 aromatic heterocycles. The molecule has 20 heavy (non-hydrogen) atoms. The topological polar surface area (TPSA) is 48.3 Å². The van der Waals surface area contributed by atoms with E-state index in [2.05, 4.69) is 17.0 Å². The predicted molar refractivity (Wildman–Crippen MR) is 79.8 cm³/mol. The van der Waals surface area contributed by atoms with Gasteiger partial charge in [-0.05, 0) is 24.3 Å². The molecular weight excluding hydrogens is 254 g/mol. The molecular formula is C15H19N3O2. The molecule has 1 aromatic carbocycles. The number of benzene rings is 1. The molecule has 0 fully saturated rings. The number of nitrogens with one attached hydrogen (secondary N) is 1. The molecule has 0 aliphatic rings. The summed E-state index contributed by atoms with van der Waals surface area (Å²) in [6.07, 6.45) is 5.41. The Morgan fingerprint density at radius 3 is 2.75 bits per heavy atom. The quantitative estimate of drug-likeness (QED) is 0.751. The van der Waals surface area contributed by atoms with Crippen molar-refractivity contribution in [1.82, 2.24) is 9.78 Å². The van der Waals surface area contributed by atoms with Crippen LogP contribution in [-0.4, -0.2) is 30.1 Å². The maximum atomic E-state index is 5.50. The third-order valence-electron chi connectivity index (χ3n) is 2.75. The number of hydrogen-bond acceptors (Lipinski definition) is 4. The van der Waals surface area contributed by atoms with E-state index in [-0.39, 0.29) is 0 Å². The van der Waals surface area contributed by atoms with E-state index in [0.717, 1.165) is 23.5 Å². The highest BCUT2D eigenvalue weighted by Gasteiger charge is 1.98. The van der Waals surface area contributed by atoms with Crippen LogP contribution in [-0.2, 0) is 11.3 Å². The van der Waals surface area contributed by atoms with E-state index in [1.807, 2.05) is 36.7 Å². The summed E-state index contributed by atoms with van der Waals surface area (Å²) in [6.45, 7) is 5.53. The zero-order chi connectivity index (χ0) is 14.2. The smallest absolute Gasteiger partial charge is 0.119 e. The van der Waals surface area contributed by atoms with E-state index in [4.69, 9.17) is 9.47 Å². The lowest BCUT2D eigenvalue weighted by atomic mass is 10.3. The second-order valence-corrected chi connectivity index (χ2v) is 4.23. The van der Waals surface area contributed by atoms with Gasteiger partial charge in [0.15, 0.2) is 0 Å². The molecule has 0 spiro atoms. The van der Waals surface area contributed by atoms with Crippen LogP contribution in [0.5, 0.6) is 5.75 Å². The molecule has 2 aromatic rings. The summed E-state index contributed by atoms with van der Waals surface area (Å²) in [7, 11) is 1.66. The first-order valence-corrected chi connectivity index (χ1v) is 6.43. The van der Waals surface area contributed by atoms with Crippen molar-refractivity contribution in [3.8, 4) is 5.75 Å². The third-order valence-corrected chi connectivity index (χ3v) is 2.75. The van der Waals surface area contributed by atoms with E-state index < -0.39 is 0 Å². The highest BCUT2D eigenvalue weighted by atomic mass is 16.5. The third kappa shape index (κ3) is 4.13. The number of nitrogens with zero attached hydrogens (tertiary/aromatic N) is 2. The molecule has 1 N–H and O–H groups in total. The van der Waals surface area contributed by atoms with Crippen molar-refractivity contribution < 1.29 is 9.47 Å². The minimum atomic E-state index is 0.560. The molecule has 0 unspecified atom stereocenters. The largest absolute Gasteiger partial charge is 0.491 e. The standard InChI is InChI=1S/C15H19N3O2/c1-3-18-12-13(11-17-18)10-16-14-4-6-15(7-5-14)20-9-8-19-2/h3-7,11-12,16H,1,8-10H2,2H3. The van der Waals surface area contributed by atoms with E-state index in [9.17, 15) is 0 Å². The van der Waals surface area contributed by atoms with Gasteiger partial charge in [-0.1, -0.05) is 6.58 Å². The molecule has 0 amide bonds. The van der Waals surface area contributed by atoms with E-state index in [0.29, 0.717) is 13.2 Å². The van der Waals surface area contributed by atoms with Gasteiger partial charge in [-0.15, -0.1) is 0 Å². The fraction of sp³-hybridized carbons (Fsp3) is 0.267. The molecule has 2 rings (SSSR count). The van der Waals surface area contributed by atoms with Crippen LogP contribution in [0.3, 0.4) is 0 Å². The summed E-state index contributed by atoms with van der Waals surface area (Å²) in [5, 5.41) is 7.45. The summed E-state index contributed by atoms with van der Waals surface area (Å²) >= 11 is 0. The Balaban J connectivity index is 1.82. The highest BCUT2D eigenvalue weighted by molar-refractivity contribution is 5.46. The van der Waals surface area contributed by atoms with Crippen molar-refractivity contribution in [2.75, 3.05) is 25.6 Å². The maximum Gasteiger partial charge on any atom is 0.119 e. The molecule has 0 aliphatic heterocycles. The predicted octanol–water partition coefficient (Wildman–Crippen LogP) is 2.62. The van der Waals surface area contributed by atoms with Crippen LogP contribution in [0.15, 0.2) is 43.2 Å². The first-order chi connectivity index (χ1) is 9.81. The monoisotopic (exact) mass is 273 g/mol. The highest BCUT2D eigenvalue weighted by Crippen LogP contribution is 2.16. The normalized spacial score (nSPS) is 10.2. The number of ether oxygens (including phenoxy) is 2. The van der Waals surface area contributed by atoms with Crippen LogP contribution >= 0.6 is 0 Å². The first-order valence-electron chi connectivity index (χ1n) is 6.43. The zero-order valence-electron chi connectivity index (χ0n) is 11.6. The van der Waals surface area contributed by atoms with Crippen LogP contribution in [0.4, 0.5) is 5.69 Å². The first kappa shape index (κ1) is 14.1. The van der Waals surface area contributed by atoms with Crippen molar-refractivity contribution in [2.24, 2.45) is 0 Å². The molecule has 5 heteroatoms. The fourth-order valence-corrected chi connectivity index (χ4v) is 1.68. The second-order valence-electron chi connectivity index (χ2n) is 4.23. The van der Waals surface area contributed by atoms with Gasteiger partial charge < -0.3 is 14.8 Å². The average molecular weight is 273 g/mol. The zero-order valence-corrected chi connectivity index (χ0v) is 11.6. The lowest BCUT2D eigenvalue weighted by Crippen LogP contribution is -2.04. The Bertz CT molecular complexity index is 534. The van der Waals surface area contributed by atoms with Gasteiger partial charge in [-0.2, -0.15) is 5.10 Å². The number of rotatable bonds is 8. The van der Waals surface area contributed by atoms with Crippen LogP contribution in [0.25, 0.3) is 6.20 Å². The average Bonchev–Trinajstić information content (AvgIpc) is 2.95.